The third kappa shape index (κ3) is 2.02. The quantitative estimate of drug-likeness (QED) is 0.837. The largest absolute Gasteiger partial charge is 0.299 e. The maximum absolute atomic E-state index is 12.2. The Morgan fingerprint density at radius 2 is 2.47 bits per heavy atom. The minimum absolute atomic E-state index is 0.273. The van der Waals surface area contributed by atoms with Crippen LogP contribution in [0, 0.1) is 11.8 Å². The molecule has 0 radical (unpaired) electrons. The average molecular weight is 248 g/mol. The molecule has 2 atom stereocenters. The predicted octanol–water partition coefficient (Wildman–Crippen LogP) is 2.94. The molecule has 0 aromatic carbocycles. The van der Waals surface area contributed by atoms with Gasteiger partial charge in [0, 0.05) is 23.7 Å². The van der Waals surface area contributed by atoms with Crippen LogP contribution in [0.25, 0.3) is 4.96 Å². The SMILES string of the molecule is CC1CCCC1C(=O)Cc1cn2ccsc2n1. The number of carbonyl (C=O) groups is 1. The molecule has 1 fully saturated rings. The molecule has 3 rings (SSSR count). The number of Topliss-reactive ketones (excluding diaryl/α,β-unsaturated/α-hetero) is 1. The standard InChI is InChI=1S/C13H16N2OS/c1-9-3-2-4-11(9)12(16)7-10-8-15-5-6-17-13(15)14-10/h5-6,8-9,11H,2-4,7H2,1H3. The van der Waals surface area contributed by atoms with Crippen LogP contribution in [0.4, 0.5) is 0 Å². The Labute approximate surface area is 104 Å². The van der Waals surface area contributed by atoms with Gasteiger partial charge in [-0.05, 0) is 18.8 Å². The second kappa shape index (κ2) is 4.26. The summed E-state index contributed by atoms with van der Waals surface area (Å²) in [4.78, 5) is 17.6. The van der Waals surface area contributed by atoms with E-state index in [0.717, 1.165) is 17.1 Å². The van der Waals surface area contributed by atoms with Gasteiger partial charge in [-0.1, -0.05) is 13.3 Å². The lowest BCUT2D eigenvalue weighted by molar-refractivity contribution is -0.123. The number of fused-ring (bicyclic) bond motifs is 1. The van der Waals surface area contributed by atoms with Crippen molar-refractivity contribution in [1.29, 1.82) is 0 Å². The fourth-order valence-corrected chi connectivity index (χ4v) is 3.51. The van der Waals surface area contributed by atoms with Crippen LogP contribution in [0.5, 0.6) is 0 Å². The highest BCUT2D eigenvalue weighted by Crippen LogP contribution is 2.32. The number of hydrogen-bond acceptors (Lipinski definition) is 3. The number of carbonyl (C=O) groups excluding carboxylic acids is 1. The van der Waals surface area contributed by atoms with Crippen LogP contribution in [0.2, 0.25) is 0 Å². The van der Waals surface area contributed by atoms with Crippen molar-refractivity contribution >= 4 is 22.1 Å². The molecular weight excluding hydrogens is 232 g/mol. The molecule has 2 heterocycles. The van der Waals surface area contributed by atoms with Gasteiger partial charge in [-0.2, -0.15) is 0 Å². The molecule has 1 saturated carbocycles. The zero-order valence-electron chi connectivity index (χ0n) is 9.93. The summed E-state index contributed by atoms with van der Waals surface area (Å²) in [5.41, 5.74) is 0.918. The highest BCUT2D eigenvalue weighted by molar-refractivity contribution is 7.15. The molecule has 0 bridgehead atoms. The van der Waals surface area contributed by atoms with E-state index in [2.05, 4.69) is 11.9 Å². The van der Waals surface area contributed by atoms with E-state index >= 15 is 0 Å². The summed E-state index contributed by atoms with van der Waals surface area (Å²) in [6, 6.07) is 0. The predicted molar refractivity (Wildman–Crippen MR) is 68.3 cm³/mol. The van der Waals surface area contributed by atoms with E-state index in [1.807, 2.05) is 22.2 Å². The van der Waals surface area contributed by atoms with Gasteiger partial charge in [-0.25, -0.2) is 4.98 Å². The molecule has 1 aliphatic carbocycles. The maximum atomic E-state index is 12.2. The third-order valence-corrected chi connectivity index (χ3v) is 4.54. The first-order chi connectivity index (χ1) is 8.24. The highest BCUT2D eigenvalue weighted by Gasteiger charge is 2.29. The molecule has 2 aromatic rings. The smallest absolute Gasteiger partial charge is 0.193 e. The molecule has 0 spiro atoms. The summed E-state index contributed by atoms with van der Waals surface area (Å²) < 4.78 is 1.99. The maximum Gasteiger partial charge on any atom is 0.193 e. The van der Waals surface area contributed by atoms with Crippen LogP contribution >= 0.6 is 11.3 Å². The summed E-state index contributed by atoms with van der Waals surface area (Å²) in [5, 5.41) is 2.01. The number of nitrogens with zero attached hydrogens (tertiary/aromatic N) is 2. The second-order valence-corrected chi connectivity index (χ2v) is 5.86. The molecule has 2 unspecified atom stereocenters. The van der Waals surface area contributed by atoms with Gasteiger partial charge in [-0.3, -0.25) is 9.20 Å². The minimum atomic E-state index is 0.273. The zero-order valence-corrected chi connectivity index (χ0v) is 10.7. The summed E-state index contributed by atoms with van der Waals surface area (Å²) >= 11 is 1.61. The normalized spacial score (nSPS) is 24.5. The Kier molecular flexibility index (Phi) is 2.74. The van der Waals surface area contributed by atoms with Gasteiger partial charge in [0.2, 0.25) is 0 Å². The molecule has 2 aromatic heterocycles. The number of aromatic nitrogens is 2. The van der Waals surface area contributed by atoms with Crippen LogP contribution in [0.15, 0.2) is 17.8 Å². The average Bonchev–Trinajstić information content (AvgIpc) is 2.92. The van der Waals surface area contributed by atoms with Crippen molar-refractivity contribution < 1.29 is 4.79 Å². The van der Waals surface area contributed by atoms with Crippen LogP contribution in [0.3, 0.4) is 0 Å². The van der Waals surface area contributed by atoms with Crippen LogP contribution in [0.1, 0.15) is 31.9 Å². The Morgan fingerprint density at radius 1 is 1.59 bits per heavy atom. The number of imidazole rings is 1. The molecule has 0 saturated heterocycles. The van der Waals surface area contributed by atoms with Crippen molar-refractivity contribution in [2.75, 3.05) is 0 Å². The van der Waals surface area contributed by atoms with E-state index < -0.39 is 0 Å². The van der Waals surface area contributed by atoms with Crippen molar-refractivity contribution in [2.45, 2.75) is 32.6 Å². The Hall–Kier alpha value is -1.16. The highest BCUT2D eigenvalue weighted by atomic mass is 32.1. The summed E-state index contributed by atoms with van der Waals surface area (Å²) in [5.74, 6) is 1.21. The molecule has 90 valence electrons. The lowest BCUT2D eigenvalue weighted by Gasteiger charge is -2.12. The van der Waals surface area contributed by atoms with Gasteiger partial charge in [0.25, 0.3) is 0 Å². The fourth-order valence-electron chi connectivity index (χ4n) is 2.79. The molecular formula is C13H16N2OS. The topological polar surface area (TPSA) is 34.4 Å². The molecule has 17 heavy (non-hydrogen) atoms. The Bertz CT molecular complexity index is 514. The first-order valence-corrected chi connectivity index (χ1v) is 7.06. The van der Waals surface area contributed by atoms with Crippen molar-refractivity contribution in [3.63, 3.8) is 0 Å². The molecule has 0 amide bonds. The Balaban J connectivity index is 1.74. The van der Waals surface area contributed by atoms with Crippen LogP contribution in [-0.2, 0) is 11.2 Å². The first-order valence-electron chi connectivity index (χ1n) is 6.18. The summed E-state index contributed by atoms with van der Waals surface area (Å²) in [6.07, 6.45) is 7.94. The zero-order chi connectivity index (χ0) is 11.8. The van der Waals surface area contributed by atoms with Crippen molar-refractivity contribution in [1.82, 2.24) is 9.38 Å². The van der Waals surface area contributed by atoms with Gasteiger partial charge >= 0.3 is 0 Å². The van der Waals surface area contributed by atoms with E-state index in [-0.39, 0.29) is 5.92 Å². The van der Waals surface area contributed by atoms with E-state index in [0.29, 0.717) is 18.1 Å². The summed E-state index contributed by atoms with van der Waals surface area (Å²) in [6.45, 7) is 2.20. The molecule has 3 nitrogen and oxygen atoms in total. The second-order valence-electron chi connectivity index (χ2n) is 4.98. The van der Waals surface area contributed by atoms with Gasteiger partial charge in [-0.15, -0.1) is 11.3 Å². The Morgan fingerprint density at radius 3 is 3.18 bits per heavy atom. The molecule has 1 aliphatic rings. The van der Waals surface area contributed by atoms with Gasteiger partial charge in [0.15, 0.2) is 4.96 Å². The summed E-state index contributed by atoms with van der Waals surface area (Å²) in [7, 11) is 0. The van der Waals surface area contributed by atoms with E-state index in [1.165, 1.54) is 12.8 Å². The monoisotopic (exact) mass is 248 g/mol. The molecule has 0 aliphatic heterocycles. The van der Waals surface area contributed by atoms with Crippen molar-refractivity contribution in [3.05, 3.63) is 23.5 Å². The van der Waals surface area contributed by atoms with Gasteiger partial charge < -0.3 is 0 Å². The fraction of sp³-hybridized carbons (Fsp3) is 0.538. The minimum Gasteiger partial charge on any atom is -0.299 e. The van der Waals surface area contributed by atoms with Crippen molar-refractivity contribution in [3.8, 4) is 0 Å². The number of thiazole rings is 1. The van der Waals surface area contributed by atoms with Crippen LogP contribution in [-0.4, -0.2) is 15.2 Å². The molecule has 4 heteroatoms. The van der Waals surface area contributed by atoms with Gasteiger partial charge in [0.1, 0.15) is 5.78 Å². The van der Waals surface area contributed by atoms with Crippen LogP contribution < -0.4 is 0 Å². The number of ketones is 1. The van der Waals surface area contributed by atoms with E-state index in [9.17, 15) is 4.79 Å². The molecule has 0 N–H and O–H groups in total. The van der Waals surface area contributed by atoms with E-state index in [1.54, 1.807) is 11.3 Å². The van der Waals surface area contributed by atoms with E-state index in [4.69, 9.17) is 0 Å². The number of rotatable bonds is 3. The number of hydrogen-bond donors (Lipinski definition) is 0. The first kappa shape index (κ1) is 11.0. The third-order valence-electron chi connectivity index (χ3n) is 3.77. The van der Waals surface area contributed by atoms with Crippen molar-refractivity contribution in [2.24, 2.45) is 11.8 Å². The van der Waals surface area contributed by atoms with Gasteiger partial charge in [0.05, 0.1) is 12.1 Å². The lowest BCUT2D eigenvalue weighted by atomic mass is 9.91. The lowest BCUT2D eigenvalue weighted by Crippen LogP contribution is -2.19.